The molecule has 1 aromatic rings. The van der Waals surface area contributed by atoms with Crippen molar-refractivity contribution in [2.24, 2.45) is 0 Å². The van der Waals surface area contributed by atoms with Crippen LogP contribution in [0, 0.1) is 0 Å². The molecule has 0 nitrogen and oxygen atoms in total. The predicted molar refractivity (Wildman–Crippen MR) is 61.9 cm³/mol. The average molecular weight is 450 g/mol. The van der Waals surface area contributed by atoms with Crippen molar-refractivity contribution in [2.45, 2.75) is 23.9 Å². The Morgan fingerprint density at radius 1 is 0.727 bits per heavy atom. The van der Waals surface area contributed by atoms with Gasteiger partial charge in [-0.1, -0.05) is 0 Å². The molecule has 0 saturated heterocycles. The molecule has 0 radical (unpaired) electrons. The van der Waals surface area contributed by atoms with Gasteiger partial charge in [0, 0.05) is 0 Å². The fraction of sp³-hybridized carbons (Fsp3) is 0.333. The van der Waals surface area contributed by atoms with Crippen LogP contribution in [0.25, 0.3) is 0 Å². The molecule has 0 heterocycles. The molecule has 0 aliphatic heterocycles. The summed E-state index contributed by atoms with van der Waals surface area (Å²) in [6.45, 7) is 0. The van der Waals surface area contributed by atoms with Gasteiger partial charge in [0.05, 0.1) is 0 Å². The van der Waals surface area contributed by atoms with Crippen LogP contribution in [-0.4, -0.2) is 44.9 Å². The van der Waals surface area contributed by atoms with E-state index in [0.29, 0.717) is 7.74 Å². The van der Waals surface area contributed by atoms with Crippen molar-refractivity contribution in [1.29, 1.82) is 0 Å². The zero-order valence-corrected chi connectivity index (χ0v) is 12.7. The van der Waals surface area contributed by atoms with E-state index in [1.54, 1.807) is 18.2 Å². The first kappa shape index (κ1) is 19.2. The fourth-order valence-corrected chi connectivity index (χ4v) is 3.22. The Kier molecular flexibility index (Phi) is 5.50. The summed E-state index contributed by atoms with van der Waals surface area (Å²) in [6, 6.07) is 7.67. The van der Waals surface area contributed by atoms with E-state index in [-0.39, 0.29) is 0 Å². The van der Waals surface area contributed by atoms with Gasteiger partial charge < -0.3 is 0 Å². The monoisotopic (exact) mass is 452 g/mol. The van der Waals surface area contributed by atoms with Gasteiger partial charge in [-0.25, -0.2) is 0 Å². The second kappa shape index (κ2) is 6.32. The number of halogens is 9. The molecule has 1 aromatic carbocycles. The standard InChI is InChI=1S/C12H7F9Te/c13-9(14,6-7-22-8-4-2-1-3-5-8)10(15,16)11(17,18)12(19,20)21/h1-7H. The van der Waals surface area contributed by atoms with Gasteiger partial charge in [-0.15, -0.1) is 0 Å². The maximum absolute atomic E-state index is 13.1. The summed E-state index contributed by atoms with van der Waals surface area (Å²) in [6.07, 6.45) is -7.37. The summed E-state index contributed by atoms with van der Waals surface area (Å²) in [5.74, 6) is -19.1. The number of allylic oxidation sites excluding steroid dienone is 1. The van der Waals surface area contributed by atoms with Crippen molar-refractivity contribution in [3.63, 3.8) is 0 Å². The Morgan fingerprint density at radius 2 is 1.23 bits per heavy atom. The van der Waals surface area contributed by atoms with Gasteiger partial charge in [-0.3, -0.25) is 0 Å². The van der Waals surface area contributed by atoms with Crippen molar-refractivity contribution in [3.8, 4) is 0 Å². The van der Waals surface area contributed by atoms with E-state index < -0.39 is 50.9 Å². The topological polar surface area (TPSA) is 0 Å². The summed E-state index contributed by atoms with van der Waals surface area (Å²) < 4.78 is 114. The molecule has 1 rings (SSSR count). The molecule has 10 heteroatoms. The molecule has 0 amide bonds. The van der Waals surface area contributed by atoms with Crippen molar-refractivity contribution in [3.05, 3.63) is 40.5 Å². The predicted octanol–water partition coefficient (Wildman–Crippen LogP) is 4.00. The Hall–Kier alpha value is -0.880. The molecule has 0 saturated carbocycles. The third-order valence-corrected chi connectivity index (χ3v) is 4.72. The third kappa shape index (κ3) is 3.71. The first-order valence-corrected chi connectivity index (χ1v) is 7.93. The van der Waals surface area contributed by atoms with Crippen molar-refractivity contribution >= 4 is 24.5 Å². The number of rotatable bonds is 5. The van der Waals surface area contributed by atoms with Gasteiger partial charge in [0.1, 0.15) is 0 Å². The molecular formula is C12H7F9Te. The molecule has 0 atom stereocenters. The van der Waals surface area contributed by atoms with Gasteiger partial charge in [0.15, 0.2) is 0 Å². The van der Waals surface area contributed by atoms with Crippen LogP contribution in [0.4, 0.5) is 39.5 Å². The molecule has 22 heavy (non-hydrogen) atoms. The van der Waals surface area contributed by atoms with Gasteiger partial charge >= 0.3 is 129 Å². The first-order chi connectivity index (χ1) is 9.83. The van der Waals surface area contributed by atoms with Gasteiger partial charge in [0.2, 0.25) is 0 Å². The van der Waals surface area contributed by atoms with Gasteiger partial charge in [-0.05, 0) is 0 Å². The van der Waals surface area contributed by atoms with Crippen LogP contribution < -0.4 is 3.61 Å². The maximum atomic E-state index is 13.1. The van der Waals surface area contributed by atoms with E-state index in [0.717, 1.165) is 0 Å². The van der Waals surface area contributed by atoms with E-state index >= 15 is 0 Å². The van der Waals surface area contributed by atoms with E-state index in [9.17, 15) is 39.5 Å². The zero-order valence-electron chi connectivity index (χ0n) is 10.4. The fourth-order valence-electron chi connectivity index (χ4n) is 1.19. The normalized spacial score (nSPS) is 14.6. The van der Waals surface area contributed by atoms with E-state index in [1.807, 2.05) is 0 Å². The van der Waals surface area contributed by atoms with Crippen molar-refractivity contribution in [2.75, 3.05) is 0 Å². The zero-order chi connectivity index (χ0) is 17.2. The molecule has 124 valence electrons. The second-order valence-corrected chi connectivity index (χ2v) is 6.80. The van der Waals surface area contributed by atoms with Crippen molar-refractivity contribution < 1.29 is 39.5 Å². The molecule has 0 fully saturated rings. The van der Waals surface area contributed by atoms with E-state index in [1.165, 1.54) is 12.1 Å². The molecule has 0 aliphatic carbocycles. The van der Waals surface area contributed by atoms with Crippen LogP contribution in [0.1, 0.15) is 0 Å². The second-order valence-electron chi connectivity index (χ2n) is 4.00. The van der Waals surface area contributed by atoms with Crippen LogP contribution in [0.5, 0.6) is 0 Å². The van der Waals surface area contributed by atoms with Crippen LogP contribution in [-0.2, 0) is 0 Å². The Labute approximate surface area is 129 Å². The quantitative estimate of drug-likeness (QED) is 0.471. The Morgan fingerprint density at radius 3 is 1.68 bits per heavy atom. The van der Waals surface area contributed by atoms with Crippen LogP contribution in [0.3, 0.4) is 0 Å². The molecule has 0 N–H and O–H groups in total. The van der Waals surface area contributed by atoms with Crippen LogP contribution in [0.2, 0.25) is 0 Å². The molecule has 0 spiro atoms. The Balaban J connectivity index is 2.97. The molecule has 0 unspecified atom stereocenters. The number of hydrogen-bond acceptors (Lipinski definition) is 0. The van der Waals surface area contributed by atoms with E-state index in [2.05, 4.69) is 0 Å². The molecule has 0 aromatic heterocycles. The van der Waals surface area contributed by atoms with E-state index in [4.69, 9.17) is 0 Å². The first-order valence-electron chi connectivity index (χ1n) is 5.42. The van der Waals surface area contributed by atoms with Crippen LogP contribution >= 0.6 is 0 Å². The molecular weight excluding hydrogens is 443 g/mol. The third-order valence-electron chi connectivity index (χ3n) is 2.39. The molecule has 0 aliphatic rings. The van der Waals surface area contributed by atoms with Gasteiger partial charge in [-0.2, -0.15) is 0 Å². The average Bonchev–Trinajstić information content (AvgIpc) is 2.38. The summed E-state index contributed by atoms with van der Waals surface area (Å²) in [7, 11) is 0. The minimum atomic E-state index is -6.85. The van der Waals surface area contributed by atoms with Crippen molar-refractivity contribution in [1.82, 2.24) is 0 Å². The summed E-state index contributed by atoms with van der Waals surface area (Å²) in [5, 5.41) is 0. The number of benzene rings is 1. The number of hydrogen-bond donors (Lipinski definition) is 0. The SMILES string of the molecule is FC(F)(F)C(F)(F)C(F)(F)C(F)(F)C=C[Te]c1ccccc1. The number of alkyl halides is 9. The summed E-state index contributed by atoms with van der Waals surface area (Å²) in [5.41, 5.74) is 0. The summed E-state index contributed by atoms with van der Waals surface area (Å²) >= 11 is -1.56. The Bertz CT molecular complexity index is 519. The minimum absolute atomic E-state index is 0.519. The van der Waals surface area contributed by atoms with Crippen LogP contribution in [0.15, 0.2) is 40.5 Å². The van der Waals surface area contributed by atoms with Gasteiger partial charge in [0.25, 0.3) is 0 Å². The molecule has 0 bridgehead atoms. The summed E-state index contributed by atoms with van der Waals surface area (Å²) in [4.78, 5) is 0.